The van der Waals surface area contributed by atoms with Crippen molar-refractivity contribution in [1.82, 2.24) is 9.97 Å². The summed E-state index contributed by atoms with van der Waals surface area (Å²) in [5, 5.41) is 21.5. The van der Waals surface area contributed by atoms with Crippen LogP contribution in [-0.2, 0) is 9.53 Å². The summed E-state index contributed by atoms with van der Waals surface area (Å²) in [6, 6.07) is 16.7. The van der Waals surface area contributed by atoms with Gasteiger partial charge in [0.1, 0.15) is 28.2 Å². The molecule has 35 heavy (non-hydrogen) atoms. The minimum atomic E-state index is -0.819. The largest absolute Gasteiger partial charge is 0.507 e. The maximum atomic E-state index is 13.1. The molecule has 2 aromatic heterocycles. The van der Waals surface area contributed by atoms with Gasteiger partial charge in [-0.15, -0.1) is 0 Å². The number of carbonyl (C=O) groups is 1. The zero-order valence-electron chi connectivity index (χ0n) is 18.6. The van der Waals surface area contributed by atoms with E-state index in [2.05, 4.69) is 9.97 Å². The van der Waals surface area contributed by atoms with E-state index in [-0.39, 0.29) is 34.5 Å². The molecule has 1 atom stereocenters. The monoisotopic (exact) mass is 468 g/mol. The van der Waals surface area contributed by atoms with E-state index in [4.69, 9.17) is 9.15 Å². The number of methoxy groups -OCH3 is 1. The van der Waals surface area contributed by atoms with Crippen molar-refractivity contribution in [3.63, 3.8) is 0 Å². The number of ether oxygens (including phenoxy) is 1. The molecule has 0 spiro atoms. The molecule has 0 saturated carbocycles. The van der Waals surface area contributed by atoms with Gasteiger partial charge in [0.25, 0.3) is 0 Å². The number of aromatic hydroxyl groups is 2. The van der Waals surface area contributed by atoms with Crippen molar-refractivity contribution in [3.8, 4) is 22.8 Å². The Labute approximate surface area is 199 Å². The Hall–Kier alpha value is -4.72. The first-order chi connectivity index (χ1) is 17.0. The molecule has 0 radical (unpaired) electrons. The van der Waals surface area contributed by atoms with E-state index in [9.17, 15) is 19.8 Å². The molecule has 8 heteroatoms. The molecule has 0 amide bonds. The van der Waals surface area contributed by atoms with Gasteiger partial charge in [-0.05, 0) is 11.6 Å². The number of para-hydroxylation sites is 1. The lowest BCUT2D eigenvalue weighted by Gasteiger charge is -2.21. The average Bonchev–Trinajstić information content (AvgIpc) is 2.87. The third-order valence-electron chi connectivity index (χ3n) is 5.91. The summed E-state index contributed by atoms with van der Waals surface area (Å²) >= 11 is 0. The van der Waals surface area contributed by atoms with Gasteiger partial charge in [-0.3, -0.25) is 19.6 Å². The first-order valence-corrected chi connectivity index (χ1v) is 10.8. The Morgan fingerprint density at radius 2 is 1.77 bits per heavy atom. The molecule has 0 fully saturated rings. The molecule has 2 N–H and O–H groups in total. The number of hydrogen-bond donors (Lipinski definition) is 2. The number of esters is 1. The van der Waals surface area contributed by atoms with Crippen LogP contribution >= 0.6 is 0 Å². The normalized spacial score (nSPS) is 12.0. The van der Waals surface area contributed by atoms with Crippen LogP contribution in [0.3, 0.4) is 0 Å². The molecule has 0 saturated heterocycles. The molecule has 3 aromatic carbocycles. The number of aromatic nitrogens is 2. The Morgan fingerprint density at radius 3 is 2.54 bits per heavy atom. The summed E-state index contributed by atoms with van der Waals surface area (Å²) in [5.74, 6) is -1.87. The summed E-state index contributed by atoms with van der Waals surface area (Å²) in [6.45, 7) is 0. The van der Waals surface area contributed by atoms with Gasteiger partial charge in [0.05, 0.1) is 24.6 Å². The van der Waals surface area contributed by atoms with Crippen molar-refractivity contribution in [2.75, 3.05) is 7.11 Å². The lowest BCUT2D eigenvalue weighted by atomic mass is 9.85. The molecule has 0 aliphatic heterocycles. The Bertz CT molecular complexity index is 1620. The van der Waals surface area contributed by atoms with Gasteiger partial charge in [-0.25, -0.2) is 0 Å². The fourth-order valence-electron chi connectivity index (χ4n) is 4.32. The standard InChI is InChI=1S/C27H20N2O6/c1-34-23(33)12-17(16-8-5-9-18-26(16)29-11-10-28-18)24-19(30)13-20(31)25-21(32)14-22(35-27(24)25)15-6-3-2-4-7-15/h2-11,13-14,17,30-31H,12H2,1H3/t17-/m0/s1. The van der Waals surface area contributed by atoms with Crippen LogP contribution in [0, 0.1) is 0 Å². The predicted octanol–water partition coefficient (Wildman–Crippen LogP) is 4.51. The molecule has 0 bridgehead atoms. The summed E-state index contributed by atoms with van der Waals surface area (Å²) in [6.07, 6.45) is 2.91. The van der Waals surface area contributed by atoms with E-state index < -0.39 is 23.1 Å². The first kappa shape index (κ1) is 22.1. The van der Waals surface area contributed by atoms with Crippen LogP contribution < -0.4 is 5.43 Å². The van der Waals surface area contributed by atoms with Gasteiger partial charge in [0.15, 0.2) is 5.43 Å². The third-order valence-corrected chi connectivity index (χ3v) is 5.91. The lowest BCUT2D eigenvalue weighted by molar-refractivity contribution is -0.140. The predicted molar refractivity (Wildman–Crippen MR) is 129 cm³/mol. The van der Waals surface area contributed by atoms with Gasteiger partial charge in [0, 0.05) is 41.6 Å². The molecule has 5 rings (SSSR count). The van der Waals surface area contributed by atoms with Crippen molar-refractivity contribution >= 4 is 28.0 Å². The van der Waals surface area contributed by atoms with Crippen LogP contribution in [0.4, 0.5) is 0 Å². The number of phenolic OH excluding ortho intramolecular Hbond substituents is 2. The summed E-state index contributed by atoms with van der Waals surface area (Å²) in [7, 11) is 1.27. The molecule has 8 nitrogen and oxygen atoms in total. The SMILES string of the molecule is COC(=O)C[C@@H](c1cccc2nccnc12)c1c(O)cc(O)c2c(=O)cc(-c3ccccc3)oc12. The quantitative estimate of drug-likeness (QED) is 0.361. The van der Waals surface area contributed by atoms with E-state index in [1.807, 2.05) is 6.07 Å². The van der Waals surface area contributed by atoms with Crippen LogP contribution in [-0.4, -0.2) is 33.3 Å². The van der Waals surface area contributed by atoms with Crippen molar-refractivity contribution in [2.45, 2.75) is 12.3 Å². The van der Waals surface area contributed by atoms with Crippen LogP contribution in [0.1, 0.15) is 23.5 Å². The van der Waals surface area contributed by atoms with Crippen LogP contribution in [0.15, 0.2) is 82.3 Å². The third kappa shape index (κ3) is 3.95. The van der Waals surface area contributed by atoms with Crippen LogP contribution in [0.25, 0.3) is 33.3 Å². The van der Waals surface area contributed by atoms with Gasteiger partial charge < -0.3 is 19.4 Å². The molecule has 5 aromatic rings. The van der Waals surface area contributed by atoms with E-state index >= 15 is 0 Å². The average molecular weight is 468 g/mol. The highest BCUT2D eigenvalue weighted by atomic mass is 16.5. The maximum absolute atomic E-state index is 13.1. The number of rotatable bonds is 5. The minimum absolute atomic E-state index is 0.0244. The van der Waals surface area contributed by atoms with Gasteiger partial charge >= 0.3 is 5.97 Å². The van der Waals surface area contributed by atoms with E-state index in [0.29, 0.717) is 22.2 Å². The number of nitrogens with zero attached hydrogens (tertiary/aromatic N) is 2. The topological polar surface area (TPSA) is 123 Å². The minimum Gasteiger partial charge on any atom is -0.507 e. The van der Waals surface area contributed by atoms with Crippen molar-refractivity contribution < 1.29 is 24.2 Å². The summed E-state index contributed by atoms with van der Waals surface area (Å²) in [5.41, 5.74) is 1.98. The van der Waals surface area contributed by atoms with Crippen molar-refractivity contribution in [2.24, 2.45) is 0 Å². The van der Waals surface area contributed by atoms with Crippen molar-refractivity contribution in [1.29, 1.82) is 0 Å². The highest BCUT2D eigenvalue weighted by Crippen LogP contribution is 2.44. The smallest absolute Gasteiger partial charge is 0.306 e. The Kier molecular flexibility index (Phi) is 5.62. The molecule has 0 unspecified atom stereocenters. The first-order valence-electron chi connectivity index (χ1n) is 10.8. The molecule has 2 heterocycles. The summed E-state index contributed by atoms with van der Waals surface area (Å²) in [4.78, 5) is 34.3. The van der Waals surface area contributed by atoms with Crippen LogP contribution in [0.2, 0.25) is 0 Å². The molecule has 0 aliphatic rings. The van der Waals surface area contributed by atoms with E-state index in [1.165, 1.54) is 19.4 Å². The zero-order valence-corrected chi connectivity index (χ0v) is 18.6. The van der Waals surface area contributed by atoms with Gasteiger partial charge in [-0.2, -0.15) is 0 Å². The fourth-order valence-corrected chi connectivity index (χ4v) is 4.32. The number of phenols is 2. The maximum Gasteiger partial charge on any atom is 0.306 e. The Morgan fingerprint density at radius 1 is 1.00 bits per heavy atom. The highest BCUT2D eigenvalue weighted by molar-refractivity contribution is 5.92. The number of benzene rings is 3. The second kappa shape index (κ2) is 8.90. The Balaban J connectivity index is 1.86. The number of hydrogen-bond acceptors (Lipinski definition) is 8. The fraction of sp³-hybridized carbons (Fsp3) is 0.111. The lowest BCUT2D eigenvalue weighted by Crippen LogP contribution is -2.13. The molecular weight excluding hydrogens is 448 g/mol. The van der Waals surface area contributed by atoms with E-state index in [1.54, 1.807) is 48.7 Å². The van der Waals surface area contributed by atoms with E-state index in [0.717, 1.165) is 6.07 Å². The number of carbonyl (C=O) groups excluding carboxylic acids is 1. The molecular formula is C27H20N2O6. The van der Waals surface area contributed by atoms with Gasteiger partial charge in [-0.1, -0.05) is 42.5 Å². The second-order valence-corrected chi connectivity index (χ2v) is 7.98. The number of fused-ring (bicyclic) bond motifs is 2. The molecule has 174 valence electrons. The summed E-state index contributed by atoms with van der Waals surface area (Å²) < 4.78 is 11.1. The second-order valence-electron chi connectivity index (χ2n) is 7.98. The van der Waals surface area contributed by atoms with Crippen molar-refractivity contribution in [3.05, 3.63) is 94.4 Å². The molecule has 0 aliphatic carbocycles. The van der Waals surface area contributed by atoms with Gasteiger partial charge in [0.2, 0.25) is 0 Å². The zero-order chi connectivity index (χ0) is 24.5. The highest BCUT2D eigenvalue weighted by Gasteiger charge is 2.29. The van der Waals surface area contributed by atoms with Crippen LogP contribution in [0.5, 0.6) is 11.5 Å².